The first-order valence-corrected chi connectivity index (χ1v) is 6.00. The van der Waals surface area contributed by atoms with Crippen LogP contribution in [-0.2, 0) is 10.3 Å². The van der Waals surface area contributed by atoms with Crippen LogP contribution in [0.3, 0.4) is 0 Å². The standard InChI is InChI=1S/C11H16BrNO3/c1-4-13(5-2)11(3,10(14)15)8-6-7-9(12)16-8/h6-7H,4-5H2,1-3H3,(H,14,15). The third-order valence-electron chi connectivity index (χ3n) is 2.87. The molecule has 0 radical (unpaired) electrons. The van der Waals surface area contributed by atoms with Crippen molar-refractivity contribution in [1.82, 2.24) is 4.90 Å². The first-order chi connectivity index (χ1) is 7.46. The van der Waals surface area contributed by atoms with Crippen LogP contribution < -0.4 is 0 Å². The van der Waals surface area contributed by atoms with E-state index in [0.29, 0.717) is 23.5 Å². The lowest BCUT2D eigenvalue weighted by Gasteiger charge is -2.34. The minimum absolute atomic E-state index is 0.440. The van der Waals surface area contributed by atoms with Gasteiger partial charge < -0.3 is 9.52 Å². The number of carbonyl (C=O) groups is 1. The number of carboxylic acid groups (broad SMARTS) is 1. The van der Waals surface area contributed by atoms with E-state index in [1.165, 1.54) is 0 Å². The Bertz CT molecular complexity index is 373. The molecule has 0 amide bonds. The summed E-state index contributed by atoms with van der Waals surface area (Å²) in [6, 6.07) is 3.40. The zero-order valence-corrected chi connectivity index (χ0v) is 11.2. The number of nitrogens with zero attached hydrogens (tertiary/aromatic N) is 1. The van der Waals surface area contributed by atoms with Crippen LogP contribution in [0.1, 0.15) is 26.5 Å². The second-order valence-electron chi connectivity index (χ2n) is 3.65. The van der Waals surface area contributed by atoms with Crippen molar-refractivity contribution in [3.63, 3.8) is 0 Å². The molecule has 1 rings (SSSR count). The van der Waals surface area contributed by atoms with Crippen LogP contribution in [0.5, 0.6) is 0 Å². The van der Waals surface area contributed by atoms with E-state index in [0.717, 1.165) is 0 Å². The lowest BCUT2D eigenvalue weighted by Crippen LogP contribution is -2.49. The van der Waals surface area contributed by atoms with E-state index in [4.69, 9.17) is 4.42 Å². The predicted octanol–water partition coefficient (Wildman–Crippen LogP) is 2.68. The molecule has 0 saturated heterocycles. The number of hydrogen-bond donors (Lipinski definition) is 1. The van der Waals surface area contributed by atoms with Gasteiger partial charge in [-0.1, -0.05) is 13.8 Å². The highest BCUT2D eigenvalue weighted by Gasteiger charge is 2.42. The summed E-state index contributed by atoms with van der Waals surface area (Å²) >= 11 is 3.19. The van der Waals surface area contributed by atoms with E-state index in [-0.39, 0.29) is 0 Å². The average molecular weight is 290 g/mol. The van der Waals surface area contributed by atoms with Gasteiger partial charge in [-0.15, -0.1) is 0 Å². The number of hydrogen-bond acceptors (Lipinski definition) is 3. The summed E-state index contributed by atoms with van der Waals surface area (Å²) in [6.45, 7) is 6.83. The van der Waals surface area contributed by atoms with Crippen molar-refractivity contribution in [3.8, 4) is 0 Å². The summed E-state index contributed by atoms with van der Waals surface area (Å²) < 4.78 is 5.93. The molecule has 90 valence electrons. The number of likely N-dealkylation sites (N-methyl/N-ethyl adjacent to an activating group) is 1. The van der Waals surface area contributed by atoms with Crippen molar-refractivity contribution in [2.75, 3.05) is 13.1 Å². The van der Waals surface area contributed by atoms with Crippen LogP contribution >= 0.6 is 15.9 Å². The summed E-state index contributed by atoms with van der Waals surface area (Å²) in [6.07, 6.45) is 0. The minimum atomic E-state index is -1.12. The van der Waals surface area contributed by atoms with E-state index in [2.05, 4.69) is 15.9 Å². The molecule has 0 fully saturated rings. The van der Waals surface area contributed by atoms with E-state index in [1.807, 2.05) is 18.7 Å². The summed E-state index contributed by atoms with van der Waals surface area (Å²) in [7, 11) is 0. The van der Waals surface area contributed by atoms with Crippen molar-refractivity contribution in [3.05, 3.63) is 22.6 Å². The molecule has 0 aliphatic carbocycles. The number of carboxylic acids is 1. The number of rotatable bonds is 5. The normalized spacial score (nSPS) is 15.1. The fourth-order valence-electron chi connectivity index (χ4n) is 1.83. The van der Waals surface area contributed by atoms with Crippen LogP contribution in [0.2, 0.25) is 0 Å². The highest BCUT2D eigenvalue weighted by atomic mass is 79.9. The van der Waals surface area contributed by atoms with Crippen LogP contribution in [0.25, 0.3) is 0 Å². The fourth-order valence-corrected chi connectivity index (χ4v) is 2.14. The van der Waals surface area contributed by atoms with Gasteiger partial charge in [0.25, 0.3) is 0 Å². The van der Waals surface area contributed by atoms with E-state index < -0.39 is 11.5 Å². The number of aliphatic carboxylic acids is 1. The van der Waals surface area contributed by atoms with Gasteiger partial charge in [-0.3, -0.25) is 4.90 Å². The molecule has 1 aromatic heterocycles. The summed E-state index contributed by atoms with van der Waals surface area (Å²) in [5.74, 6) is -0.464. The van der Waals surface area contributed by atoms with E-state index in [1.54, 1.807) is 19.1 Å². The molecule has 0 spiro atoms. The molecule has 4 nitrogen and oxygen atoms in total. The fraction of sp³-hybridized carbons (Fsp3) is 0.545. The van der Waals surface area contributed by atoms with Crippen molar-refractivity contribution >= 4 is 21.9 Å². The highest BCUT2D eigenvalue weighted by molar-refractivity contribution is 9.10. The molecule has 1 unspecified atom stereocenters. The van der Waals surface area contributed by atoms with Gasteiger partial charge in [-0.05, 0) is 48.1 Å². The summed E-state index contributed by atoms with van der Waals surface area (Å²) in [5.41, 5.74) is -1.12. The van der Waals surface area contributed by atoms with Crippen LogP contribution in [0, 0.1) is 0 Å². The van der Waals surface area contributed by atoms with Gasteiger partial charge in [-0.2, -0.15) is 0 Å². The van der Waals surface area contributed by atoms with Gasteiger partial charge >= 0.3 is 5.97 Å². The zero-order chi connectivity index (χ0) is 12.3. The van der Waals surface area contributed by atoms with Gasteiger partial charge in [0.05, 0.1) is 0 Å². The molecule has 1 aromatic rings. The quantitative estimate of drug-likeness (QED) is 0.906. The average Bonchev–Trinajstić information content (AvgIpc) is 2.66. The zero-order valence-electron chi connectivity index (χ0n) is 9.66. The first-order valence-electron chi connectivity index (χ1n) is 5.21. The minimum Gasteiger partial charge on any atom is -0.480 e. The monoisotopic (exact) mass is 289 g/mol. The van der Waals surface area contributed by atoms with Crippen molar-refractivity contribution in [2.45, 2.75) is 26.3 Å². The Hall–Kier alpha value is -0.810. The maximum atomic E-state index is 11.5. The third kappa shape index (κ3) is 2.15. The van der Waals surface area contributed by atoms with Gasteiger partial charge in [0.15, 0.2) is 10.2 Å². The second kappa shape index (κ2) is 5.01. The Kier molecular flexibility index (Phi) is 4.15. The van der Waals surface area contributed by atoms with Gasteiger partial charge in [-0.25, -0.2) is 4.79 Å². The Morgan fingerprint density at radius 1 is 1.50 bits per heavy atom. The summed E-state index contributed by atoms with van der Waals surface area (Å²) in [5, 5.41) is 9.41. The van der Waals surface area contributed by atoms with Crippen LogP contribution in [0.4, 0.5) is 0 Å². The Morgan fingerprint density at radius 3 is 2.38 bits per heavy atom. The van der Waals surface area contributed by atoms with Gasteiger partial charge in [0, 0.05) is 0 Å². The van der Waals surface area contributed by atoms with E-state index in [9.17, 15) is 9.90 Å². The smallest absolute Gasteiger partial charge is 0.331 e. The van der Waals surface area contributed by atoms with Crippen molar-refractivity contribution < 1.29 is 14.3 Å². The maximum Gasteiger partial charge on any atom is 0.331 e. The molecule has 0 aliphatic rings. The SMILES string of the molecule is CCN(CC)C(C)(C(=O)O)c1ccc(Br)o1. The molecule has 0 aromatic carbocycles. The Balaban J connectivity index is 3.20. The molecule has 1 atom stereocenters. The predicted molar refractivity (Wildman–Crippen MR) is 64.3 cm³/mol. The largest absolute Gasteiger partial charge is 0.480 e. The van der Waals surface area contributed by atoms with Crippen LogP contribution in [0.15, 0.2) is 21.2 Å². The number of furan rings is 1. The molecule has 16 heavy (non-hydrogen) atoms. The summed E-state index contributed by atoms with van der Waals surface area (Å²) in [4.78, 5) is 13.3. The second-order valence-corrected chi connectivity index (χ2v) is 4.43. The molecule has 0 saturated carbocycles. The van der Waals surface area contributed by atoms with Gasteiger partial charge in [0.1, 0.15) is 5.76 Å². The molecule has 5 heteroatoms. The first kappa shape index (κ1) is 13.3. The van der Waals surface area contributed by atoms with E-state index >= 15 is 0 Å². The lowest BCUT2D eigenvalue weighted by atomic mass is 9.96. The molecular weight excluding hydrogens is 274 g/mol. The lowest BCUT2D eigenvalue weighted by molar-refractivity contribution is -0.152. The number of halogens is 1. The maximum absolute atomic E-state index is 11.5. The van der Waals surface area contributed by atoms with Crippen molar-refractivity contribution in [2.24, 2.45) is 0 Å². The molecular formula is C11H16BrNO3. The molecule has 0 aliphatic heterocycles. The Labute approximate surface area is 103 Å². The Morgan fingerprint density at radius 2 is 2.06 bits per heavy atom. The topological polar surface area (TPSA) is 53.7 Å². The molecule has 1 N–H and O–H groups in total. The van der Waals surface area contributed by atoms with Crippen molar-refractivity contribution in [1.29, 1.82) is 0 Å². The molecule has 0 bridgehead atoms. The highest BCUT2D eigenvalue weighted by Crippen LogP contribution is 2.31. The molecule has 1 heterocycles. The van der Waals surface area contributed by atoms with Crippen LogP contribution in [-0.4, -0.2) is 29.1 Å². The third-order valence-corrected chi connectivity index (χ3v) is 3.29. The van der Waals surface area contributed by atoms with Gasteiger partial charge in [0.2, 0.25) is 0 Å².